The van der Waals surface area contributed by atoms with E-state index in [4.69, 9.17) is 9.72 Å². The molecule has 2 atom stereocenters. The van der Waals surface area contributed by atoms with E-state index < -0.39 is 39.4 Å². The number of benzene rings is 3. The van der Waals surface area contributed by atoms with Crippen LogP contribution in [0.25, 0.3) is 32.8 Å². The number of fused-ring (bicyclic) bond motifs is 4. The third kappa shape index (κ3) is 6.44. The summed E-state index contributed by atoms with van der Waals surface area (Å²) in [7, 11) is 0. The number of nitrogens with one attached hydrogen (secondary N) is 1. The Kier molecular flexibility index (Phi) is 8.31. The van der Waals surface area contributed by atoms with E-state index in [0.29, 0.717) is 36.3 Å². The summed E-state index contributed by atoms with van der Waals surface area (Å²) < 4.78 is 81.8. The SMILES string of the molecule is CCc1c(F)ccc2cc(O)cc(-c3c(SC(F)(F)F)cc4c(N5CC6CCC(C5)N6)nc(OCC5(CN6CCC7(CC6)CC7)CC5)nc4c3F)c12. The smallest absolute Gasteiger partial charge is 0.446 e. The highest BCUT2D eigenvalue weighted by Crippen LogP contribution is 2.55. The van der Waals surface area contributed by atoms with Gasteiger partial charge < -0.3 is 25.0 Å². The normalized spacial score (nSPS) is 23.5. The molecular formula is C39H42F5N5O2S. The minimum atomic E-state index is -4.77. The lowest BCUT2D eigenvalue weighted by Gasteiger charge is -2.35. The highest BCUT2D eigenvalue weighted by atomic mass is 32.2. The predicted molar refractivity (Wildman–Crippen MR) is 192 cm³/mol. The molecule has 2 unspecified atom stereocenters. The number of thioether (sulfide) groups is 1. The number of likely N-dealkylation sites (tertiary alicyclic amines) is 1. The molecule has 52 heavy (non-hydrogen) atoms. The Balaban J connectivity index is 1.17. The van der Waals surface area contributed by atoms with Crippen LogP contribution in [0.5, 0.6) is 11.8 Å². The van der Waals surface area contributed by atoms with Gasteiger partial charge in [-0.1, -0.05) is 13.0 Å². The van der Waals surface area contributed by atoms with Crippen molar-refractivity contribution in [2.24, 2.45) is 10.8 Å². The molecule has 4 heterocycles. The van der Waals surface area contributed by atoms with Gasteiger partial charge in [-0.15, -0.1) is 0 Å². The largest absolute Gasteiger partial charge is 0.508 e. The second-order valence-corrected chi connectivity index (χ2v) is 17.0. The van der Waals surface area contributed by atoms with E-state index in [1.807, 2.05) is 4.90 Å². The second kappa shape index (κ2) is 12.6. The molecule has 5 fully saturated rings. The van der Waals surface area contributed by atoms with Crippen molar-refractivity contribution in [3.63, 3.8) is 0 Å². The van der Waals surface area contributed by atoms with E-state index in [2.05, 4.69) is 15.2 Å². The highest BCUT2D eigenvalue weighted by molar-refractivity contribution is 8.00. The molecule has 9 rings (SSSR count). The number of ether oxygens (including phenoxy) is 1. The van der Waals surface area contributed by atoms with Gasteiger partial charge in [0.15, 0.2) is 5.82 Å². The fourth-order valence-electron chi connectivity index (χ4n) is 9.02. The van der Waals surface area contributed by atoms with Gasteiger partial charge in [-0.25, -0.2) is 8.78 Å². The molecule has 3 saturated heterocycles. The molecule has 0 amide bonds. The zero-order valence-electron chi connectivity index (χ0n) is 29.1. The molecule has 2 aliphatic carbocycles. The van der Waals surface area contributed by atoms with E-state index in [1.165, 1.54) is 56.0 Å². The Morgan fingerprint density at radius 1 is 0.981 bits per heavy atom. The van der Waals surface area contributed by atoms with Gasteiger partial charge in [-0.2, -0.15) is 23.1 Å². The Morgan fingerprint density at radius 2 is 1.71 bits per heavy atom. The maximum atomic E-state index is 17.4. The molecule has 1 aromatic heterocycles. The number of piperazine rings is 1. The monoisotopic (exact) mass is 739 g/mol. The lowest BCUT2D eigenvalue weighted by molar-refractivity contribution is -0.0328. The van der Waals surface area contributed by atoms with Gasteiger partial charge in [0.05, 0.1) is 6.61 Å². The molecule has 2 saturated carbocycles. The molecular weight excluding hydrogens is 698 g/mol. The van der Waals surface area contributed by atoms with Crippen LogP contribution in [-0.2, 0) is 6.42 Å². The van der Waals surface area contributed by atoms with Gasteiger partial charge in [0.2, 0.25) is 0 Å². The van der Waals surface area contributed by atoms with Crippen molar-refractivity contribution in [3.8, 4) is 22.9 Å². The van der Waals surface area contributed by atoms with E-state index in [9.17, 15) is 18.3 Å². The molecule has 3 aliphatic heterocycles. The average Bonchev–Trinajstić information content (AvgIpc) is 4.02. The Hall–Kier alpha value is -3.42. The van der Waals surface area contributed by atoms with Crippen molar-refractivity contribution in [1.82, 2.24) is 20.2 Å². The summed E-state index contributed by atoms with van der Waals surface area (Å²) in [5.74, 6) is -1.51. The summed E-state index contributed by atoms with van der Waals surface area (Å²) in [5, 5.41) is 15.1. The zero-order chi connectivity index (χ0) is 36.0. The van der Waals surface area contributed by atoms with Gasteiger partial charge in [0.25, 0.3) is 0 Å². The molecule has 0 radical (unpaired) electrons. The third-order valence-corrected chi connectivity index (χ3v) is 13.0. The number of hydrogen-bond acceptors (Lipinski definition) is 8. The number of aryl methyl sites for hydroxylation is 1. The first-order valence-electron chi connectivity index (χ1n) is 18.5. The van der Waals surface area contributed by atoms with Crippen LogP contribution in [0.4, 0.5) is 27.8 Å². The van der Waals surface area contributed by atoms with Gasteiger partial charge >= 0.3 is 11.5 Å². The van der Waals surface area contributed by atoms with Crippen molar-refractivity contribution in [2.75, 3.05) is 44.2 Å². The Bertz CT molecular complexity index is 2050. The van der Waals surface area contributed by atoms with Crippen LogP contribution in [0, 0.1) is 22.5 Å². The number of aromatic nitrogens is 2. The summed E-state index contributed by atoms with van der Waals surface area (Å²) >= 11 is -0.439. The Morgan fingerprint density at radius 3 is 2.37 bits per heavy atom. The summed E-state index contributed by atoms with van der Waals surface area (Å²) in [6.45, 7) is 6.30. The van der Waals surface area contributed by atoms with Gasteiger partial charge in [-0.05, 0) is 134 Å². The van der Waals surface area contributed by atoms with Gasteiger partial charge in [0, 0.05) is 53.0 Å². The first-order valence-corrected chi connectivity index (χ1v) is 19.3. The predicted octanol–water partition coefficient (Wildman–Crippen LogP) is 8.58. The summed E-state index contributed by atoms with van der Waals surface area (Å²) in [6, 6.07) is 6.94. The van der Waals surface area contributed by atoms with Crippen LogP contribution >= 0.6 is 11.8 Å². The van der Waals surface area contributed by atoms with Crippen LogP contribution in [0.1, 0.15) is 63.9 Å². The maximum absolute atomic E-state index is 17.4. The molecule has 3 aromatic carbocycles. The molecule has 2 bridgehead atoms. The molecule has 276 valence electrons. The van der Waals surface area contributed by atoms with E-state index in [0.717, 1.165) is 45.3 Å². The van der Waals surface area contributed by atoms with Crippen LogP contribution < -0.4 is 15.0 Å². The van der Waals surface area contributed by atoms with Gasteiger partial charge in [-0.3, -0.25) is 0 Å². The minimum absolute atomic E-state index is 0.0163. The van der Waals surface area contributed by atoms with E-state index >= 15 is 8.78 Å². The number of aromatic hydroxyl groups is 1. The summed E-state index contributed by atoms with van der Waals surface area (Å²) in [6.07, 6.45) is 9.31. The minimum Gasteiger partial charge on any atom is -0.508 e. The van der Waals surface area contributed by atoms with Crippen molar-refractivity contribution in [2.45, 2.75) is 87.2 Å². The molecule has 2 N–H and O–H groups in total. The Labute approximate surface area is 303 Å². The third-order valence-electron chi connectivity index (χ3n) is 12.3. The van der Waals surface area contributed by atoms with E-state index in [-0.39, 0.29) is 63.1 Å². The van der Waals surface area contributed by atoms with Crippen LogP contribution in [-0.4, -0.2) is 76.9 Å². The summed E-state index contributed by atoms with van der Waals surface area (Å²) in [5.41, 5.74) is -4.62. The van der Waals surface area contributed by atoms with Crippen molar-refractivity contribution < 1.29 is 31.8 Å². The van der Waals surface area contributed by atoms with Crippen molar-refractivity contribution in [3.05, 3.63) is 47.5 Å². The summed E-state index contributed by atoms with van der Waals surface area (Å²) in [4.78, 5) is 13.5. The number of rotatable bonds is 9. The van der Waals surface area contributed by atoms with Crippen molar-refractivity contribution in [1.29, 1.82) is 0 Å². The fourth-order valence-corrected chi connectivity index (χ4v) is 9.75. The standard InChI is InChI=1S/C39H42F5N5O2S/c1-2-26-29(40)6-3-22-15-25(50)16-27(31(22)26)32-30(52-39(42,43)44)17-28-34(33(32)41)46-36(47-35(28)49-18-23-4-5-24(19-49)45-23)51-21-38(9-10-38)20-48-13-11-37(7-8-37)12-14-48/h3,6,15-17,23-24,45,50H,2,4-5,7-14,18-21H2,1H3. The number of alkyl halides is 3. The molecule has 4 aromatic rings. The second-order valence-electron chi connectivity index (χ2n) is 15.9. The number of anilines is 1. The maximum Gasteiger partial charge on any atom is 0.446 e. The fraction of sp³-hybridized carbons (Fsp3) is 0.538. The lowest BCUT2D eigenvalue weighted by atomic mass is 9.92. The van der Waals surface area contributed by atoms with Crippen molar-refractivity contribution >= 4 is 39.3 Å². The molecule has 13 heteroatoms. The first-order chi connectivity index (χ1) is 24.9. The van der Waals surface area contributed by atoms with Crippen LogP contribution in [0.15, 0.2) is 35.2 Å². The number of halogens is 5. The van der Waals surface area contributed by atoms with Crippen LogP contribution in [0.3, 0.4) is 0 Å². The molecule has 1 spiro atoms. The number of nitrogens with zero attached hydrogens (tertiary/aromatic N) is 4. The number of piperidine rings is 1. The topological polar surface area (TPSA) is 73.8 Å². The molecule has 5 aliphatic rings. The number of phenols is 1. The van der Waals surface area contributed by atoms with E-state index in [1.54, 1.807) is 6.92 Å². The zero-order valence-corrected chi connectivity index (χ0v) is 29.9. The van der Waals surface area contributed by atoms with Crippen LogP contribution in [0.2, 0.25) is 0 Å². The number of hydrogen-bond donors (Lipinski definition) is 2. The highest BCUT2D eigenvalue weighted by Gasteiger charge is 2.49. The first kappa shape index (κ1) is 34.4. The van der Waals surface area contributed by atoms with Gasteiger partial charge in [0.1, 0.15) is 22.9 Å². The quantitative estimate of drug-likeness (QED) is 0.131. The molecule has 7 nitrogen and oxygen atoms in total. The number of phenolic OH excluding ortho intramolecular Hbond substituents is 1. The average molecular weight is 740 g/mol. The lowest BCUT2D eigenvalue weighted by Crippen LogP contribution is -2.51.